The van der Waals surface area contributed by atoms with Gasteiger partial charge >= 0.3 is 0 Å². The number of nitrogens with zero attached hydrogens (tertiary/aromatic N) is 1. The summed E-state index contributed by atoms with van der Waals surface area (Å²) >= 11 is 0. The predicted molar refractivity (Wildman–Crippen MR) is 69.6 cm³/mol. The first-order valence-electron chi connectivity index (χ1n) is 6.69. The highest BCUT2D eigenvalue weighted by atomic mass is 16.5. The predicted octanol–water partition coefficient (Wildman–Crippen LogP) is 2.39. The van der Waals surface area contributed by atoms with Crippen LogP contribution in [-0.2, 0) is 4.74 Å². The maximum Gasteiger partial charge on any atom is 0.253 e. The van der Waals surface area contributed by atoms with Gasteiger partial charge in [0.2, 0.25) is 0 Å². The second-order valence-corrected chi connectivity index (χ2v) is 5.48. The molecule has 1 spiro atoms. The van der Waals surface area contributed by atoms with Gasteiger partial charge in [-0.25, -0.2) is 0 Å². The van der Waals surface area contributed by atoms with Crippen LogP contribution in [0.3, 0.4) is 0 Å². The molecular formula is C15H19NO2. The summed E-state index contributed by atoms with van der Waals surface area (Å²) in [6, 6.07) is 7.81. The van der Waals surface area contributed by atoms with Gasteiger partial charge in [0.15, 0.2) is 0 Å². The Labute approximate surface area is 108 Å². The fraction of sp³-hybridized carbons (Fsp3) is 0.533. The molecule has 1 aromatic carbocycles. The Morgan fingerprint density at radius 1 is 1.28 bits per heavy atom. The van der Waals surface area contributed by atoms with Crippen molar-refractivity contribution < 1.29 is 9.53 Å². The number of hydrogen-bond donors (Lipinski definition) is 0. The van der Waals surface area contributed by atoms with E-state index in [0.29, 0.717) is 0 Å². The van der Waals surface area contributed by atoms with Crippen molar-refractivity contribution >= 4 is 5.91 Å². The Balaban J connectivity index is 1.72. The molecule has 2 fully saturated rings. The van der Waals surface area contributed by atoms with E-state index in [2.05, 4.69) is 0 Å². The average Bonchev–Trinajstić information content (AvgIpc) is 3.01. The molecule has 3 nitrogen and oxygen atoms in total. The van der Waals surface area contributed by atoms with Crippen LogP contribution in [0.4, 0.5) is 0 Å². The standard InChI is InChI=1S/C15H19NO2/c1-12-3-5-13(6-4-12)14(17)16-9-8-15(11-16)7-2-10-18-15/h3-6H,2,7-11H2,1H3/t15-/m0/s1. The summed E-state index contributed by atoms with van der Waals surface area (Å²) in [5, 5.41) is 0. The van der Waals surface area contributed by atoms with E-state index in [4.69, 9.17) is 4.74 Å². The van der Waals surface area contributed by atoms with E-state index in [1.807, 2.05) is 36.1 Å². The summed E-state index contributed by atoms with van der Waals surface area (Å²) in [6.45, 7) is 4.48. The van der Waals surface area contributed by atoms with Gasteiger partial charge in [-0.1, -0.05) is 17.7 Å². The van der Waals surface area contributed by atoms with Crippen LogP contribution in [0.15, 0.2) is 24.3 Å². The topological polar surface area (TPSA) is 29.5 Å². The van der Waals surface area contributed by atoms with Crippen molar-refractivity contribution in [2.45, 2.75) is 31.8 Å². The van der Waals surface area contributed by atoms with E-state index in [9.17, 15) is 4.79 Å². The Kier molecular flexibility index (Phi) is 2.86. The first kappa shape index (κ1) is 11.7. The van der Waals surface area contributed by atoms with Gasteiger partial charge in [-0.2, -0.15) is 0 Å². The zero-order chi connectivity index (χ0) is 12.6. The highest BCUT2D eigenvalue weighted by molar-refractivity contribution is 5.94. The van der Waals surface area contributed by atoms with Crippen LogP contribution in [0, 0.1) is 6.92 Å². The monoisotopic (exact) mass is 245 g/mol. The Morgan fingerprint density at radius 2 is 2.06 bits per heavy atom. The van der Waals surface area contributed by atoms with Gasteiger partial charge in [0, 0.05) is 18.7 Å². The lowest BCUT2D eigenvalue weighted by atomic mass is 10.00. The number of ether oxygens (including phenoxy) is 1. The van der Waals surface area contributed by atoms with Crippen LogP contribution in [-0.4, -0.2) is 36.1 Å². The van der Waals surface area contributed by atoms with Gasteiger partial charge in [-0.15, -0.1) is 0 Å². The largest absolute Gasteiger partial charge is 0.373 e. The number of carbonyl (C=O) groups excluding carboxylic acids is 1. The lowest BCUT2D eigenvalue weighted by molar-refractivity contribution is 0.0127. The first-order chi connectivity index (χ1) is 8.69. The summed E-state index contributed by atoms with van der Waals surface area (Å²) in [6.07, 6.45) is 3.22. The number of benzene rings is 1. The summed E-state index contributed by atoms with van der Waals surface area (Å²) in [5.41, 5.74) is 1.94. The molecule has 1 atom stereocenters. The van der Waals surface area contributed by atoms with Gasteiger partial charge < -0.3 is 9.64 Å². The smallest absolute Gasteiger partial charge is 0.253 e. The van der Waals surface area contributed by atoms with E-state index in [-0.39, 0.29) is 11.5 Å². The molecule has 2 heterocycles. The van der Waals surface area contributed by atoms with Crippen molar-refractivity contribution in [3.05, 3.63) is 35.4 Å². The number of aryl methyl sites for hydroxylation is 1. The molecule has 1 aromatic rings. The minimum absolute atomic E-state index is 0.0274. The lowest BCUT2D eigenvalue weighted by Gasteiger charge is -2.23. The molecule has 0 bridgehead atoms. The SMILES string of the molecule is Cc1ccc(C(=O)N2CC[C@@]3(CCCO3)C2)cc1. The van der Waals surface area contributed by atoms with Crippen LogP contribution < -0.4 is 0 Å². The molecular weight excluding hydrogens is 226 g/mol. The third-order valence-electron chi connectivity index (χ3n) is 4.09. The van der Waals surface area contributed by atoms with Gasteiger partial charge in [0.25, 0.3) is 5.91 Å². The zero-order valence-electron chi connectivity index (χ0n) is 10.8. The molecule has 18 heavy (non-hydrogen) atoms. The van der Waals surface area contributed by atoms with Crippen molar-refractivity contribution in [3.8, 4) is 0 Å². The maximum absolute atomic E-state index is 12.4. The molecule has 0 aliphatic carbocycles. The Hall–Kier alpha value is -1.35. The maximum atomic E-state index is 12.4. The summed E-state index contributed by atoms with van der Waals surface area (Å²) in [7, 11) is 0. The lowest BCUT2D eigenvalue weighted by Crippen LogP contribution is -2.35. The molecule has 0 N–H and O–H groups in total. The van der Waals surface area contributed by atoms with E-state index in [1.165, 1.54) is 5.56 Å². The number of hydrogen-bond acceptors (Lipinski definition) is 2. The first-order valence-corrected chi connectivity index (χ1v) is 6.69. The number of likely N-dealkylation sites (tertiary alicyclic amines) is 1. The highest BCUT2D eigenvalue weighted by Gasteiger charge is 2.43. The molecule has 3 heteroatoms. The molecule has 0 radical (unpaired) electrons. The van der Waals surface area contributed by atoms with Crippen LogP contribution in [0.5, 0.6) is 0 Å². The number of amides is 1. The molecule has 0 saturated carbocycles. The molecule has 1 amide bonds. The van der Waals surface area contributed by atoms with Crippen LogP contribution in [0.1, 0.15) is 35.2 Å². The third kappa shape index (κ3) is 2.03. The van der Waals surface area contributed by atoms with Crippen molar-refractivity contribution in [2.24, 2.45) is 0 Å². The molecule has 3 rings (SSSR count). The molecule has 2 aliphatic rings. The minimum Gasteiger partial charge on any atom is -0.373 e. The van der Waals surface area contributed by atoms with Crippen LogP contribution in [0.2, 0.25) is 0 Å². The number of rotatable bonds is 1. The minimum atomic E-state index is -0.0274. The summed E-state index contributed by atoms with van der Waals surface area (Å²) in [4.78, 5) is 14.3. The van der Waals surface area contributed by atoms with Gasteiger partial charge in [0.1, 0.15) is 0 Å². The summed E-state index contributed by atoms with van der Waals surface area (Å²) in [5.74, 6) is 0.141. The van der Waals surface area contributed by atoms with Crippen molar-refractivity contribution in [1.82, 2.24) is 4.90 Å². The van der Waals surface area contributed by atoms with Crippen molar-refractivity contribution in [1.29, 1.82) is 0 Å². The molecule has 2 aliphatic heterocycles. The van der Waals surface area contributed by atoms with E-state index in [0.717, 1.165) is 44.5 Å². The Bertz CT molecular complexity index is 446. The number of carbonyl (C=O) groups is 1. The Morgan fingerprint density at radius 3 is 2.72 bits per heavy atom. The van der Waals surface area contributed by atoms with Crippen LogP contribution in [0.25, 0.3) is 0 Å². The van der Waals surface area contributed by atoms with Crippen molar-refractivity contribution in [2.75, 3.05) is 19.7 Å². The quantitative estimate of drug-likeness (QED) is 0.760. The summed E-state index contributed by atoms with van der Waals surface area (Å²) < 4.78 is 5.84. The second kappa shape index (κ2) is 4.39. The second-order valence-electron chi connectivity index (χ2n) is 5.48. The highest BCUT2D eigenvalue weighted by Crippen LogP contribution is 2.35. The van der Waals surface area contributed by atoms with Crippen molar-refractivity contribution in [3.63, 3.8) is 0 Å². The van der Waals surface area contributed by atoms with E-state index in [1.54, 1.807) is 0 Å². The molecule has 2 saturated heterocycles. The molecule has 0 unspecified atom stereocenters. The average molecular weight is 245 g/mol. The third-order valence-corrected chi connectivity index (χ3v) is 4.09. The van der Waals surface area contributed by atoms with Gasteiger partial charge in [0.05, 0.1) is 12.1 Å². The molecule has 96 valence electrons. The molecule has 0 aromatic heterocycles. The van der Waals surface area contributed by atoms with E-state index >= 15 is 0 Å². The zero-order valence-corrected chi connectivity index (χ0v) is 10.8. The fourth-order valence-corrected chi connectivity index (χ4v) is 2.97. The fourth-order valence-electron chi connectivity index (χ4n) is 2.97. The normalized spacial score (nSPS) is 27.1. The van der Waals surface area contributed by atoms with Gasteiger partial charge in [-0.3, -0.25) is 4.79 Å². The van der Waals surface area contributed by atoms with Gasteiger partial charge in [-0.05, 0) is 38.3 Å². The van der Waals surface area contributed by atoms with E-state index < -0.39 is 0 Å². The van der Waals surface area contributed by atoms with Crippen LogP contribution >= 0.6 is 0 Å².